The van der Waals surface area contributed by atoms with Gasteiger partial charge < -0.3 is 9.47 Å². The molecular formula is C14H22O4. The topological polar surface area (TPSA) is 52.6 Å². The molecule has 0 radical (unpaired) electrons. The molecule has 0 N–H and O–H groups in total. The predicted octanol–water partition coefficient (Wildman–Crippen LogP) is 2.47. The summed E-state index contributed by atoms with van der Waals surface area (Å²) >= 11 is 0. The largest absolute Gasteiger partial charge is 0.463 e. The summed E-state index contributed by atoms with van der Waals surface area (Å²) in [5.74, 6) is -0.213. The molecule has 2 unspecified atom stereocenters. The van der Waals surface area contributed by atoms with E-state index in [1.54, 1.807) is 6.92 Å². The molecule has 1 saturated carbocycles. The van der Waals surface area contributed by atoms with E-state index >= 15 is 0 Å². The van der Waals surface area contributed by atoms with E-state index in [0.29, 0.717) is 18.4 Å². The minimum Gasteiger partial charge on any atom is -0.463 e. The Hall–Kier alpha value is -1.32. The highest BCUT2D eigenvalue weighted by atomic mass is 16.5. The van der Waals surface area contributed by atoms with Crippen LogP contribution in [0, 0.1) is 11.8 Å². The van der Waals surface area contributed by atoms with Gasteiger partial charge in [0.25, 0.3) is 0 Å². The average Bonchev–Trinajstić information content (AvgIpc) is 2.32. The molecule has 0 saturated heterocycles. The molecule has 0 bridgehead atoms. The fourth-order valence-electron chi connectivity index (χ4n) is 2.38. The van der Waals surface area contributed by atoms with Crippen LogP contribution in [0.15, 0.2) is 12.2 Å². The van der Waals surface area contributed by atoms with E-state index in [-0.39, 0.29) is 6.10 Å². The molecule has 18 heavy (non-hydrogen) atoms. The first-order chi connectivity index (χ1) is 8.54. The summed E-state index contributed by atoms with van der Waals surface area (Å²) in [6.07, 6.45) is 5.58. The second-order valence-corrected chi connectivity index (χ2v) is 4.87. The number of rotatable bonds is 4. The van der Waals surface area contributed by atoms with E-state index < -0.39 is 11.9 Å². The molecule has 1 aliphatic rings. The van der Waals surface area contributed by atoms with Crippen molar-refractivity contribution in [3.05, 3.63) is 12.2 Å². The zero-order valence-corrected chi connectivity index (χ0v) is 11.3. The minimum absolute atomic E-state index is 0.0434. The molecule has 0 aliphatic heterocycles. The van der Waals surface area contributed by atoms with E-state index in [1.807, 2.05) is 0 Å². The SMILES string of the molecule is CCOC(=O)/C=C\C(=O)OC1C(C)CCCC1C. The van der Waals surface area contributed by atoms with Crippen molar-refractivity contribution < 1.29 is 19.1 Å². The van der Waals surface area contributed by atoms with Crippen LogP contribution >= 0.6 is 0 Å². The van der Waals surface area contributed by atoms with Crippen LogP contribution in [0.4, 0.5) is 0 Å². The van der Waals surface area contributed by atoms with Gasteiger partial charge in [0.2, 0.25) is 0 Å². The van der Waals surface area contributed by atoms with Crippen LogP contribution in [-0.2, 0) is 19.1 Å². The Balaban J connectivity index is 2.45. The van der Waals surface area contributed by atoms with Gasteiger partial charge in [0.15, 0.2) is 0 Å². The molecule has 4 nitrogen and oxygen atoms in total. The van der Waals surface area contributed by atoms with Gasteiger partial charge in [-0.15, -0.1) is 0 Å². The van der Waals surface area contributed by atoms with Gasteiger partial charge in [-0.3, -0.25) is 0 Å². The van der Waals surface area contributed by atoms with Crippen molar-refractivity contribution in [1.82, 2.24) is 0 Å². The van der Waals surface area contributed by atoms with E-state index in [2.05, 4.69) is 13.8 Å². The lowest BCUT2D eigenvalue weighted by Gasteiger charge is -2.33. The van der Waals surface area contributed by atoms with Crippen LogP contribution in [0.5, 0.6) is 0 Å². The average molecular weight is 254 g/mol. The third-order valence-corrected chi connectivity index (χ3v) is 3.33. The molecule has 0 aromatic carbocycles. The maximum atomic E-state index is 11.6. The summed E-state index contributed by atoms with van der Waals surface area (Å²) in [6, 6.07) is 0. The molecule has 0 spiro atoms. The predicted molar refractivity (Wildman–Crippen MR) is 67.8 cm³/mol. The normalized spacial score (nSPS) is 28.1. The van der Waals surface area contributed by atoms with Gasteiger partial charge in [-0.25, -0.2) is 9.59 Å². The van der Waals surface area contributed by atoms with E-state index in [1.165, 1.54) is 6.42 Å². The fourth-order valence-corrected chi connectivity index (χ4v) is 2.38. The van der Waals surface area contributed by atoms with E-state index in [4.69, 9.17) is 9.47 Å². The zero-order chi connectivity index (χ0) is 13.5. The Morgan fingerprint density at radius 3 is 2.22 bits per heavy atom. The summed E-state index contributed by atoms with van der Waals surface area (Å²) in [6.45, 7) is 6.22. The molecule has 0 aromatic rings. The Morgan fingerprint density at radius 1 is 1.11 bits per heavy atom. The van der Waals surface area contributed by atoms with Gasteiger partial charge in [0.05, 0.1) is 6.61 Å². The van der Waals surface area contributed by atoms with Crippen molar-refractivity contribution in [1.29, 1.82) is 0 Å². The smallest absolute Gasteiger partial charge is 0.331 e. The van der Waals surface area contributed by atoms with Crippen LogP contribution in [0.25, 0.3) is 0 Å². The van der Waals surface area contributed by atoms with Crippen molar-refractivity contribution >= 4 is 11.9 Å². The molecule has 2 atom stereocenters. The summed E-state index contributed by atoms with van der Waals surface area (Å²) < 4.78 is 10.1. The first-order valence-corrected chi connectivity index (χ1v) is 6.60. The lowest BCUT2D eigenvalue weighted by molar-refractivity contribution is -0.151. The quantitative estimate of drug-likeness (QED) is 0.571. The number of hydrogen-bond donors (Lipinski definition) is 0. The maximum absolute atomic E-state index is 11.6. The van der Waals surface area contributed by atoms with Crippen LogP contribution in [0.1, 0.15) is 40.0 Å². The third-order valence-electron chi connectivity index (χ3n) is 3.33. The fraction of sp³-hybridized carbons (Fsp3) is 0.714. The van der Waals surface area contributed by atoms with Gasteiger partial charge in [0, 0.05) is 12.2 Å². The molecule has 4 heteroatoms. The summed E-state index contributed by atoms with van der Waals surface area (Å²) in [7, 11) is 0. The lowest BCUT2D eigenvalue weighted by atomic mass is 9.80. The maximum Gasteiger partial charge on any atom is 0.331 e. The molecule has 0 heterocycles. The number of carbonyl (C=O) groups is 2. The van der Waals surface area contributed by atoms with Gasteiger partial charge in [-0.05, 0) is 31.6 Å². The molecule has 1 aliphatic carbocycles. The first kappa shape index (κ1) is 14.7. The van der Waals surface area contributed by atoms with Crippen molar-refractivity contribution in [2.75, 3.05) is 6.61 Å². The number of esters is 2. The van der Waals surface area contributed by atoms with Crippen LogP contribution in [0.3, 0.4) is 0 Å². The minimum atomic E-state index is -0.515. The van der Waals surface area contributed by atoms with Crippen molar-refractivity contribution in [3.63, 3.8) is 0 Å². The highest BCUT2D eigenvalue weighted by Gasteiger charge is 2.30. The van der Waals surface area contributed by atoms with Gasteiger partial charge in [-0.2, -0.15) is 0 Å². The van der Waals surface area contributed by atoms with Crippen molar-refractivity contribution in [2.45, 2.75) is 46.1 Å². The summed E-state index contributed by atoms with van der Waals surface area (Å²) in [4.78, 5) is 22.6. The molecule has 102 valence electrons. The zero-order valence-electron chi connectivity index (χ0n) is 11.3. The summed E-state index contributed by atoms with van der Waals surface area (Å²) in [5, 5.41) is 0. The highest BCUT2D eigenvalue weighted by molar-refractivity contribution is 5.91. The molecular weight excluding hydrogens is 232 g/mol. The van der Waals surface area contributed by atoms with Crippen molar-refractivity contribution in [3.8, 4) is 0 Å². The van der Waals surface area contributed by atoms with E-state index in [0.717, 1.165) is 25.0 Å². The molecule has 1 rings (SSSR count). The second kappa shape index (κ2) is 7.19. The highest BCUT2D eigenvalue weighted by Crippen LogP contribution is 2.31. The monoisotopic (exact) mass is 254 g/mol. The first-order valence-electron chi connectivity index (χ1n) is 6.60. The number of ether oxygens (including phenoxy) is 2. The Morgan fingerprint density at radius 2 is 1.67 bits per heavy atom. The number of carbonyl (C=O) groups excluding carboxylic acids is 2. The van der Waals surface area contributed by atoms with E-state index in [9.17, 15) is 9.59 Å². The Bertz CT molecular complexity index is 312. The van der Waals surface area contributed by atoms with Gasteiger partial charge >= 0.3 is 11.9 Å². The van der Waals surface area contributed by atoms with Crippen LogP contribution in [-0.4, -0.2) is 24.6 Å². The lowest BCUT2D eigenvalue weighted by Crippen LogP contribution is -2.34. The van der Waals surface area contributed by atoms with Crippen LogP contribution in [0.2, 0.25) is 0 Å². The molecule has 0 aromatic heterocycles. The van der Waals surface area contributed by atoms with Gasteiger partial charge in [0.1, 0.15) is 6.10 Å². The number of hydrogen-bond acceptors (Lipinski definition) is 4. The molecule has 1 fully saturated rings. The Kier molecular flexibility index (Phi) is 5.89. The van der Waals surface area contributed by atoms with Crippen molar-refractivity contribution in [2.24, 2.45) is 11.8 Å². The van der Waals surface area contributed by atoms with Crippen LogP contribution < -0.4 is 0 Å². The Labute approximate surface area is 108 Å². The summed E-state index contributed by atoms with van der Waals surface area (Å²) in [5.41, 5.74) is 0. The second-order valence-electron chi connectivity index (χ2n) is 4.87. The standard InChI is InChI=1S/C14H22O4/c1-4-17-12(15)8-9-13(16)18-14-10(2)6-5-7-11(14)3/h8-11,14H,4-7H2,1-3H3/b9-8-. The molecule has 0 amide bonds. The third kappa shape index (κ3) is 4.51. The van der Waals surface area contributed by atoms with Gasteiger partial charge in [-0.1, -0.05) is 20.3 Å².